The maximum Gasteiger partial charge on any atom is 0.274 e. The predicted molar refractivity (Wildman–Crippen MR) is 110 cm³/mol. The second-order valence-corrected chi connectivity index (χ2v) is 8.26. The van der Waals surface area contributed by atoms with Gasteiger partial charge >= 0.3 is 0 Å². The summed E-state index contributed by atoms with van der Waals surface area (Å²) in [6, 6.07) is 7.32. The van der Waals surface area contributed by atoms with Gasteiger partial charge in [0.15, 0.2) is 5.17 Å². The van der Waals surface area contributed by atoms with Gasteiger partial charge in [-0.05, 0) is 49.1 Å². The molecule has 150 valence electrons. The minimum absolute atomic E-state index is 0.120. The minimum atomic E-state index is -0.679. The fourth-order valence-electron chi connectivity index (χ4n) is 4.06. The van der Waals surface area contributed by atoms with Crippen molar-refractivity contribution in [1.29, 1.82) is 0 Å². The maximum atomic E-state index is 14.8. The van der Waals surface area contributed by atoms with Crippen LogP contribution >= 0.6 is 11.8 Å². The molecule has 1 aliphatic heterocycles. The third kappa shape index (κ3) is 3.57. The molecule has 4 rings (SSSR count). The number of nitrogens with zero attached hydrogens (tertiary/aromatic N) is 2. The molecular formula is C20H20FN5O2S. The van der Waals surface area contributed by atoms with Crippen LogP contribution in [0.1, 0.15) is 45.7 Å². The van der Waals surface area contributed by atoms with Gasteiger partial charge in [0, 0.05) is 23.2 Å². The average Bonchev–Trinajstić information content (AvgIpc) is 3.13. The summed E-state index contributed by atoms with van der Waals surface area (Å²) < 4.78 is 14.8. The number of halogens is 1. The van der Waals surface area contributed by atoms with Crippen molar-refractivity contribution in [3.8, 4) is 0 Å². The number of aromatic nitrogens is 1. The molecule has 1 aliphatic carbocycles. The van der Waals surface area contributed by atoms with E-state index in [0.29, 0.717) is 16.4 Å². The minimum Gasteiger partial charge on any atom is -0.379 e. The average molecular weight is 413 g/mol. The molecule has 2 atom stereocenters. The van der Waals surface area contributed by atoms with Crippen molar-refractivity contribution in [3.05, 3.63) is 59.2 Å². The molecular weight excluding hydrogens is 393 g/mol. The van der Waals surface area contributed by atoms with Gasteiger partial charge in [-0.15, -0.1) is 0 Å². The summed E-state index contributed by atoms with van der Waals surface area (Å²) in [5.74, 6) is -0.433. The van der Waals surface area contributed by atoms with Crippen LogP contribution in [0, 0.1) is 11.7 Å². The van der Waals surface area contributed by atoms with Crippen LogP contribution in [0.4, 0.5) is 10.1 Å². The van der Waals surface area contributed by atoms with Gasteiger partial charge < -0.3 is 16.8 Å². The van der Waals surface area contributed by atoms with Crippen molar-refractivity contribution in [2.45, 2.75) is 24.8 Å². The Morgan fingerprint density at radius 2 is 2.10 bits per heavy atom. The Morgan fingerprint density at radius 1 is 1.28 bits per heavy atom. The Hall–Kier alpha value is -2.94. The van der Waals surface area contributed by atoms with Crippen molar-refractivity contribution in [2.24, 2.45) is 22.4 Å². The Kier molecular flexibility index (Phi) is 4.99. The number of anilines is 1. The molecule has 1 saturated carbocycles. The number of benzene rings is 1. The molecule has 29 heavy (non-hydrogen) atoms. The van der Waals surface area contributed by atoms with Crippen molar-refractivity contribution < 1.29 is 14.0 Å². The molecule has 2 amide bonds. The lowest BCUT2D eigenvalue weighted by atomic mass is 9.81. The summed E-state index contributed by atoms with van der Waals surface area (Å²) in [6.07, 6.45) is 3.89. The lowest BCUT2D eigenvalue weighted by Crippen LogP contribution is -2.37. The molecule has 2 aliphatic rings. The zero-order valence-corrected chi connectivity index (χ0v) is 16.3. The quantitative estimate of drug-likeness (QED) is 0.711. The first-order valence-electron chi connectivity index (χ1n) is 9.24. The fourth-order valence-corrected chi connectivity index (χ4v) is 5.10. The van der Waals surface area contributed by atoms with E-state index in [1.165, 1.54) is 42.2 Å². The van der Waals surface area contributed by atoms with E-state index in [4.69, 9.17) is 11.5 Å². The molecule has 0 unspecified atom stereocenters. The van der Waals surface area contributed by atoms with Crippen molar-refractivity contribution in [1.82, 2.24) is 4.98 Å². The highest BCUT2D eigenvalue weighted by Crippen LogP contribution is 2.51. The molecule has 5 N–H and O–H groups in total. The molecule has 0 radical (unpaired) electrons. The summed E-state index contributed by atoms with van der Waals surface area (Å²) in [4.78, 5) is 32.3. The first kappa shape index (κ1) is 19.4. The number of thioether (sulfide) groups is 1. The van der Waals surface area contributed by atoms with Gasteiger partial charge in [0.1, 0.15) is 11.5 Å². The zero-order chi connectivity index (χ0) is 20.6. The van der Waals surface area contributed by atoms with Gasteiger partial charge in [0.25, 0.3) is 5.91 Å². The Labute approximate surface area is 171 Å². The van der Waals surface area contributed by atoms with Gasteiger partial charge in [-0.25, -0.2) is 4.39 Å². The Balaban J connectivity index is 1.63. The van der Waals surface area contributed by atoms with Crippen LogP contribution in [0.2, 0.25) is 0 Å². The van der Waals surface area contributed by atoms with Gasteiger partial charge in [-0.1, -0.05) is 18.2 Å². The normalized spacial score (nSPS) is 23.2. The van der Waals surface area contributed by atoms with Crippen molar-refractivity contribution >= 4 is 34.4 Å². The van der Waals surface area contributed by atoms with E-state index in [-0.39, 0.29) is 23.0 Å². The summed E-state index contributed by atoms with van der Waals surface area (Å²) in [6.45, 7) is 0. The number of hydrogen-bond acceptors (Lipinski definition) is 6. The lowest BCUT2D eigenvalue weighted by Gasteiger charge is -2.36. The maximum absolute atomic E-state index is 14.8. The molecule has 0 spiro atoms. The van der Waals surface area contributed by atoms with Crippen molar-refractivity contribution in [3.63, 3.8) is 0 Å². The summed E-state index contributed by atoms with van der Waals surface area (Å²) >= 11 is 1.50. The van der Waals surface area contributed by atoms with Crippen LogP contribution in [0.5, 0.6) is 0 Å². The van der Waals surface area contributed by atoms with E-state index in [1.54, 1.807) is 6.07 Å². The smallest absolute Gasteiger partial charge is 0.274 e. The predicted octanol–water partition coefficient (Wildman–Crippen LogP) is 2.63. The molecule has 2 aromatic rings. The van der Waals surface area contributed by atoms with E-state index in [1.807, 2.05) is 0 Å². The van der Waals surface area contributed by atoms with Crippen LogP contribution in [0.3, 0.4) is 0 Å². The van der Waals surface area contributed by atoms with E-state index in [2.05, 4.69) is 15.3 Å². The van der Waals surface area contributed by atoms with Gasteiger partial charge in [0.2, 0.25) is 5.91 Å². The van der Waals surface area contributed by atoms with Gasteiger partial charge in [0.05, 0.1) is 11.1 Å². The third-order valence-electron chi connectivity index (χ3n) is 5.50. The van der Waals surface area contributed by atoms with E-state index < -0.39 is 17.4 Å². The second kappa shape index (κ2) is 7.47. The Bertz CT molecular complexity index is 1010. The highest BCUT2D eigenvalue weighted by molar-refractivity contribution is 8.13. The number of nitrogens with two attached hydrogens (primary N) is 2. The number of amidine groups is 1. The topological polar surface area (TPSA) is 123 Å². The first-order chi connectivity index (χ1) is 13.9. The number of carbonyl (C=O) groups is 2. The molecule has 7 nitrogen and oxygen atoms in total. The number of hydrogen-bond donors (Lipinski definition) is 3. The molecule has 1 aromatic heterocycles. The van der Waals surface area contributed by atoms with Crippen LogP contribution < -0.4 is 16.8 Å². The second-order valence-electron chi connectivity index (χ2n) is 7.22. The van der Waals surface area contributed by atoms with E-state index in [9.17, 15) is 14.0 Å². The largest absolute Gasteiger partial charge is 0.379 e. The van der Waals surface area contributed by atoms with E-state index in [0.717, 1.165) is 25.0 Å². The van der Waals surface area contributed by atoms with Gasteiger partial charge in [-0.3, -0.25) is 19.6 Å². The molecule has 0 saturated heterocycles. The summed E-state index contributed by atoms with van der Waals surface area (Å²) in [5, 5.41) is 3.20. The summed E-state index contributed by atoms with van der Waals surface area (Å²) in [5.41, 5.74) is 11.7. The lowest BCUT2D eigenvalue weighted by molar-refractivity contribution is 0.0993. The highest BCUT2D eigenvalue weighted by atomic mass is 32.2. The zero-order valence-electron chi connectivity index (χ0n) is 15.5. The molecule has 0 bridgehead atoms. The number of amides is 2. The number of nitrogens with one attached hydrogen (secondary N) is 1. The van der Waals surface area contributed by atoms with Crippen LogP contribution in [0.15, 0.2) is 41.5 Å². The molecule has 2 heterocycles. The van der Waals surface area contributed by atoms with Crippen LogP contribution in [0.25, 0.3) is 0 Å². The molecule has 9 heteroatoms. The third-order valence-corrected chi connectivity index (χ3v) is 6.46. The van der Waals surface area contributed by atoms with Crippen LogP contribution in [-0.4, -0.2) is 27.7 Å². The number of pyridine rings is 1. The summed E-state index contributed by atoms with van der Waals surface area (Å²) in [7, 11) is 0. The molecule has 1 fully saturated rings. The highest BCUT2D eigenvalue weighted by Gasteiger charge is 2.48. The Morgan fingerprint density at radius 3 is 2.83 bits per heavy atom. The number of aliphatic imine (C=N–C) groups is 1. The van der Waals surface area contributed by atoms with E-state index >= 15 is 0 Å². The van der Waals surface area contributed by atoms with Crippen molar-refractivity contribution in [2.75, 3.05) is 11.1 Å². The van der Waals surface area contributed by atoms with Crippen LogP contribution in [-0.2, 0) is 5.54 Å². The number of fused-ring (bicyclic) bond motifs is 1. The monoisotopic (exact) mass is 413 g/mol. The first-order valence-corrected chi connectivity index (χ1v) is 10.2. The number of rotatable bonds is 4. The number of primary amides is 1. The standard InChI is InChI=1S/C20H20FN5O2S/c21-15-5-4-13(25-18(28)16-6-3-11(9-24-16)17(22)27)8-14(15)20-7-1-2-12(20)10-29-19(23)26-20/h3-6,8-9,12H,1-2,7,10H2,(H2,22,27)(H2,23,26)(H,25,28)/t12-,20-/m0/s1. The SMILES string of the molecule is NC(=O)c1ccc(C(=O)Nc2ccc(F)c([C@]34CCC[C@H]3CSC(N)=N4)c2)nc1. The fraction of sp³-hybridized carbons (Fsp3) is 0.300. The molecule has 1 aromatic carbocycles. The number of carbonyl (C=O) groups excluding carboxylic acids is 2. The van der Waals surface area contributed by atoms with Gasteiger partial charge in [-0.2, -0.15) is 0 Å².